The Hall–Kier alpha value is -1.98. The Morgan fingerprint density at radius 2 is 1.95 bits per heavy atom. The molecule has 0 aliphatic heterocycles. The van der Waals surface area contributed by atoms with Gasteiger partial charge in [0.15, 0.2) is 0 Å². The zero-order valence-corrected chi connectivity index (χ0v) is 12.4. The van der Waals surface area contributed by atoms with E-state index in [1.165, 1.54) is 6.33 Å². The molecule has 0 saturated heterocycles. The van der Waals surface area contributed by atoms with Crippen molar-refractivity contribution >= 4 is 23.1 Å². The molecule has 0 bridgehead atoms. The summed E-state index contributed by atoms with van der Waals surface area (Å²) in [4.78, 5) is 19.2. The molecule has 2 rings (SSSR count). The Balaban J connectivity index is 0.000000956. The molecule has 1 aliphatic carbocycles. The standard InChI is InChI=1S/C12H17N5O.C2H6/c1-7(13)10-11(14)15-6-16-12(10)17-8-2-4-9(18)5-3-8;1-2/h6,8,13H,2-5H2,1H3,(H3,14,15,16,17);1-2H3. The van der Waals surface area contributed by atoms with Crippen molar-refractivity contribution in [3.63, 3.8) is 0 Å². The third kappa shape index (κ3) is 4.01. The third-order valence-corrected chi connectivity index (χ3v) is 3.14. The van der Waals surface area contributed by atoms with Crippen LogP contribution in [0.3, 0.4) is 0 Å². The van der Waals surface area contributed by atoms with Gasteiger partial charge >= 0.3 is 0 Å². The van der Waals surface area contributed by atoms with Crippen molar-refractivity contribution in [2.75, 3.05) is 11.1 Å². The number of hydrogen-bond acceptors (Lipinski definition) is 6. The normalized spacial score (nSPS) is 15.2. The summed E-state index contributed by atoms with van der Waals surface area (Å²) in [6, 6.07) is 0.218. The number of nitrogens with two attached hydrogens (primary N) is 1. The number of nitrogens with zero attached hydrogens (tertiary/aromatic N) is 2. The van der Waals surface area contributed by atoms with Crippen molar-refractivity contribution in [3.05, 3.63) is 11.9 Å². The Morgan fingerprint density at radius 1 is 1.35 bits per heavy atom. The monoisotopic (exact) mass is 277 g/mol. The molecule has 0 aromatic carbocycles. The number of rotatable bonds is 3. The van der Waals surface area contributed by atoms with E-state index < -0.39 is 0 Å². The molecule has 6 heteroatoms. The highest BCUT2D eigenvalue weighted by Gasteiger charge is 2.21. The molecule has 20 heavy (non-hydrogen) atoms. The number of nitrogens with one attached hydrogen (secondary N) is 2. The van der Waals surface area contributed by atoms with Crippen LogP contribution in [0.5, 0.6) is 0 Å². The second-order valence-corrected chi connectivity index (χ2v) is 4.56. The van der Waals surface area contributed by atoms with Crippen molar-refractivity contribution in [1.82, 2.24) is 9.97 Å². The van der Waals surface area contributed by atoms with E-state index in [0.29, 0.717) is 41.5 Å². The number of carbonyl (C=O) groups is 1. The number of Topliss-reactive ketones (excluding diaryl/α,β-unsaturated/α-hetero) is 1. The van der Waals surface area contributed by atoms with Crippen LogP contribution in [-0.4, -0.2) is 27.5 Å². The Bertz CT molecular complexity index is 476. The molecule has 1 heterocycles. The maximum absolute atomic E-state index is 11.2. The molecular formula is C14H23N5O. The first-order chi connectivity index (χ1) is 9.58. The lowest BCUT2D eigenvalue weighted by Gasteiger charge is -2.23. The van der Waals surface area contributed by atoms with Gasteiger partial charge in [-0.25, -0.2) is 9.97 Å². The van der Waals surface area contributed by atoms with Crippen LogP contribution >= 0.6 is 0 Å². The molecule has 4 N–H and O–H groups in total. The van der Waals surface area contributed by atoms with E-state index in [0.717, 1.165) is 12.8 Å². The van der Waals surface area contributed by atoms with E-state index in [1.54, 1.807) is 6.92 Å². The number of aromatic nitrogens is 2. The minimum Gasteiger partial charge on any atom is -0.383 e. The number of anilines is 2. The van der Waals surface area contributed by atoms with Crippen LogP contribution < -0.4 is 11.1 Å². The van der Waals surface area contributed by atoms with Crippen molar-refractivity contribution in [3.8, 4) is 0 Å². The van der Waals surface area contributed by atoms with Crippen LogP contribution in [0.4, 0.5) is 11.6 Å². The van der Waals surface area contributed by atoms with Gasteiger partial charge in [0.05, 0.1) is 5.56 Å². The average molecular weight is 277 g/mol. The predicted octanol–water partition coefficient (Wildman–Crippen LogP) is 2.40. The lowest BCUT2D eigenvalue weighted by atomic mass is 9.94. The topological polar surface area (TPSA) is 105 Å². The summed E-state index contributed by atoms with van der Waals surface area (Å²) in [5, 5.41) is 11.0. The van der Waals surface area contributed by atoms with Crippen LogP contribution in [0.1, 0.15) is 52.0 Å². The van der Waals surface area contributed by atoms with Gasteiger partial charge in [-0.3, -0.25) is 4.79 Å². The summed E-state index contributed by atoms with van der Waals surface area (Å²) >= 11 is 0. The van der Waals surface area contributed by atoms with Gasteiger partial charge in [0.25, 0.3) is 0 Å². The first-order valence-electron chi connectivity index (χ1n) is 7.02. The zero-order chi connectivity index (χ0) is 15.1. The van der Waals surface area contributed by atoms with E-state index in [2.05, 4.69) is 15.3 Å². The summed E-state index contributed by atoms with van der Waals surface area (Å²) in [6.45, 7) is 5.66. The SMILES string of the molecule is CC.CC(=N)c1c(N)ncnc1NC1CCC(=O)CC1. The first-order valence-corrected chi connectivity index (χ1v) is 7.02. The smallest absolute Gasteiger partial charge is 0.140 e. The molecule has 0 amide bonds. The molecule has 0 atom stereocenters. The number of nitrogen functional groups attached to an aromatic ring is 1. The van der Waals surface area contributed by atoms with Crippen molar-refractivity contribution in [2.45, 2.75) is 52.5 Å². The van der Waals surface area contributed by atoms with Crippen molar-refractivity contribution in [1.29, 1.82) is 5.41 Å². The van der Waals surface area contributed by atoms with Gasteiger partial charge in [-0.05, 0) is 19.8 Å². The Morgan fingerprint density at radius 3 is 2.50 bits per heavy atom. The highest BCUT2D eigenvalue weighted by molar-refractivity contribution is 6.04. The van der Waals surface area contributed by atoms with Crippen molar-refractivity contribution < 1.29 is 4.79 Å². The number of ketones is 1. The summed E-state index contributed by atoms with van der Waals surface area (Å²) in [6.07, 6.45) is 4.21. The van der Waals surface area contributed by atoms with Gasteiger partial charge in [-0.2, -0.15) is 0 Å². The fraction of sp³-hybridized carbons (Fsp3) is 0.571. The Labute approximate surface area is 119 Å². The van der Waals surface area contributed by atoms with Gasteiger partial charge in [0.2, 0.25) is 0 Å². The highest BCUT2D eigenvalue weighted by Crippen LogP contribution is 2.23. The molecule has 0 unspecified atom stereocenters. The summed E-state index contributed by atoms with van der Waals surface area (Å²) in [5.41, 5.74) is 6.65. The van der Waals surface area contributed by atoms with Gasteiger partial charge in [-0.15, -0.1) is 0 Å². The highest BCUT2D eigenvalue weighted by atomic mass is 16.1. The lowest BCUT2D eigenvalue weighted by molar-refractivity contribution is -0.120. The molecule has 1 aliphatic rings. The largest absolute Gasteiger partial charge is 0.383 e. The summed E-state index contributed by atoms with van der Waals surface area (Å²) in [7, 11) is 0. The van der Waals surface area contributed by atoms with Crippen molar-refractivity contribution in [2.24, 2.45) is 0 Å². The molecular weight excluding hydrogens is 254 g/mol. The maximum Gasteiger partial charge on any atom is 0.140 e. The molecule has 0 spiro atoms. The van der Waals surface area contributed by atoms with E-state index >= 15 is 0 Å². The van der Waals surface area contributed by atoms with E-state index in [-0.39, 0.29) is 6.04 Å². The third-order valence-electron chi connectivity index (χ3n) is 3.14. The number of hydrogen-bond donors (Lipinski definition) is 3. The van der Waals surface area contributed by atoms with Crippen LogP contribution in [0.25, 0.3) is 0 Å². The lowest BCUT2D eigenvalue weighted by Crippen LogP contribution is -2.27. The van der Waals surface area contributed by atoms with E-state index in [4.69, 9.17) is 11.1 Å². The summed E-state index contributed by atoms with van der Waals surface area (Å²) < 4.78 is 0. The molecule has 1 saturated carbocycles. The first kappa shape index (κ1) is 16.1. The molecule has 1 aromatic rings. The molecule has 6 nitrogen and oxygen atoms in total. The predicted molar refractivity (Wildman–Crippen MR) is 81.2 cm³/mol. The van der Waals surface area contributed by atoms with Crippen LogP contribution in [0.15, 0.2) is 6.33 Å². The fourth-order valence-corrected chi connectivity index (χ4v) is 2.16. The molecule has 1 fully saturated rings. The number of carbonyl (C=O) groups excluding carboxylic acids is 1. The van der Waals surface area contributed by atoms with E-state index in [1.807, 2.05) is 13.8 Å². The summed E-state index contributed by atoms with van der Waals surface area (Å²) in [5.74, 6) is 1.22. The van der Waals surface area contributed by atoms with Gasteiger partial charge in [0, 0.05) is 24.6 Å². The van der Waals surface area contributed by atoms with Crippen LogP contribution in [0, 0.1) is 5.41 Å². The van der Waals surface area contributed by atoms with E-state index in [9.17, 15) is 4.79 Å². The van der Waals surface area contributed by atoms with Gasteiger partial charge in [-0.1, -0.05) is 13.8 Å². The van der Waals surface area contributed by atoms with Crippen LogP contribution in [0.2, 0.25) is 0 Å². The maximum atomic E-state index is 11.2. The fourth-order valence-electron chi connectivity index (χ4n) is 2.16. The minimum atomic E-state index is 0.218. The minimum absolute atomic E-state index is 0.218. The van der Waals surface area contributed by atoms with Crippen LogP contribution in [-0.2, 0) is 4.79 Å². The average Bonchev–Trinajstić information content (AvgIpc) is 2.43. The Kier molecular flexibility index (Phi) is 6.09. The van der Waals surface area contributed by atoms with Gasteiger partial charge in [0.1, 0.15) is 23.7 Å². The zero-order valence-electron chi connectivity index (χ0n) is 12.4. The molecule has 1 aromatic heterocycles. The molecule has 0 radical (unpaired) electrons. The quantitative estimate of drug-likeness (QED) is 0.736. The second kappa shape index (κ2) is 7.57. The second-order valence-electron chi connectivity index (χ2n) is 4.56. The van der Waals surface area contributed by atoms with Gasteiger partial charge < -0.3 is 16.5 Å². The molecule has 110 valence electrons.